The number of aliphatic hydroxyl groups is 3. The maximum atomic E-state index is 13.6. The van der Waals surface area contributed by atoms with Gasteiger partial charge in [0.1, 0.15) is 35.5 Å². The molecule has 3 aromatic rings. The number of para-hydroxylation sites is 1. The molecule has 2 aliphatic heterocycles. The van der Waals surface area contributed by atoms with Crippen LogP contribution in [0.25, 0.3) is 0 Å². The lowest BCUT2D eigenvalue weighted by molar-refractivity contribution is -0.271. The van der Waals surface area contributed by atoms with Crippen molar-refractivity contribution in [2.75, 3.05) is 55.9 Å². The van der Waals surface area contributed by atoms with E-state index in [0.717, 1.165) is 38.3 Å². The van der Waals surface area contributed by atoms with Crippen LogP contribution in [0.5, 0.6) is 11.5 Å². The first-order valence-corrected chi connectivity index (χ1v) is 15.1. The van der Waals surface area contributed by atoms with Crippen LogP contribution in [0.15, 0.2) is 66.7 Å². The molecule has 14 nitrogen and oxygen atoms in total. The van der Waals surface area contributed by atoms with Gasteiger partial charge in [0.15, 0.2) is 6.10 Å². The van der Waals surface area contributed by atoms with Gasteiger partial charge in [-0.1, -0.05) is 6.07 Å². The average molecular weight is 651 g/mol. The van der Waals surface area contributed by atoms with E-state index in [1.807, 2.05) is 12.1 Å². The Balaban J connectivity index is 1.42. The van der Waals surface area contributed by atoms with Gasteiger partial charge in [0.25, 0.3) is 11.8 Å². The van der Waals surface area contributed by atoms with Crippen molar-refractivity contribution in [1.82, 2.24) is 4.90 Å². The lowest BCUT2D eigenvalue weighted by atomic mass is 9.99. The van der Waals surface area contributed by atoms with E-state index in [4.69, 9.17) is 14.2 Å². The second-order valence-corrected chi connectivity index (χ2v) is 11.4. The van der Waals surface area contributed by atoms with Crippen molar-refractivity contribution in [2.45, 2.75) is 37.1 Å². The number of hydrogen-bond acceptors (Lipinski definition) is 11. The number of anilines is 3. The monoisotopic (exact) mass is 650 g/mol. The number of methoxy groups -OCH3 is 1. The third-order valence-corrected chi connectivity index (χ3v) is 8.14. The van der Waals surface area contributed by atoms with E-state index in [9.17, 15) is 34.8 Å². The number of nitrogens with zero attached hydrogens (tertiary/aromatic N) is 2. The molecule has 5 unspecified atom stereocenters. The summed E-state index contributed by atoms with van der Waals surface area (Å²) in [4.78, 5) is 42.9. The summed E-state index contributed by atoms with van der Waals surface area (Å²) < 4.78 is 16.3. The number of aliphatic hydroxyl groups excluding tert-OH is 3. The van der Waals surface area contributed by atoms with E-state index < -0.39 is 48.5 Å². The topological polar surface area (TPSA) is 190 Å². The van der Waals surface area contributed by atoms with Gasteiger partial charge in [-0.05, 0) is 80.7 Å². The van der Waals surface area contributed by atoms with Crippen molar-refractivity contribution in [1.29, 1.82) is 0 Å². The fourth-order valence-corrected chi connectivity index (χ4v) is 5.39. The van der Waals surface area contributed by atoms with E-state index in [-0.39, 0.29) is 22.7 Å². The van der Waals surface area contributed by atoms with Gasteiger partial charge in [0, 0.05) is 36.4 Å². The van der Waals surface area contributed by atoms with Gasteiger partial charge in [-0.2, -0.15) is 0 Å². The van der Waals surface area contributed by atoms with Gasteiger partial charge in [-0.3, -0.25) is 9.59 Å². The van der Waals surface area contributed by atoms with Crippen LogP contribution in [0, 0.1) is 0 Å². The molecule has 5 rings (SSSR count). The standard InChI is InChI=1S/C33H38N4O10/c1-36-15-4-16-37(18-17-36)21-11-7-19(8-12-21)31(42)35-25-23(34-30(41)20-9-13-22(45-2)14-10-20)5-3-6-24(25)46-33-28(40)26(38)27(39)29(47-33)32(43)44/h3,5-14,26-29,33,38-40H,4,15-18H2,1-2H3,(H,34,41)(H,35,42)(H,43,44). The maximum Gasteiger partial charge on any atom is 0.335 e. The first kappa shape index (κ1) is 33.6. The van der Waals surface area contributed by atoms with E-state index >= 15 is 0 Å². The minimum absolute atomic E-state index is 0.0257. The van der Waals surface area contributed by atoms with Gasteiger partial charge >= 0.3 is 5.97 Å². The molecule has 2 aliphatic rings. The quantitative estimate of drug-likeness (QED) is 0.197. The molecule has 250 valence electrons. The van der Waals surface area contributed by atoms with Crippen molar-refractivity contribution >= 4 is 34.8 Å². The van der Waals surface area contributed by atoms with Crippen LogP contribution < -0.4 is 25.0 Å². The summed E-state index contributed by atoms with van der Waals surface area (Å²) in [6.45, 7) is 3.68. The van der Waals surface area contributed by atoms with Crippen LogP contribution in [-0.4, -0.2) is 114 Å². The number of carbonyl (C=O) groups excluding carboxylic acids is 2. The number of amides is 2. The molecule has 2 saturated heterocycles. The molecule has 47 heavy (non-hydrogen) atoms. The largest absolute Gasteiger partial charge is 0.497 e. The number of likely N-dealkylation sites (N-methyl/N-ethyl adjacent to an activating group) is 1. The molecule has 0 aromatic heterocycles. The fourth-order valence-electron chi connectivity index (χ4n) is 5.39. The first-order valence-electron chi connectivity index (χ1n) is 15.1. The normalized spacial score (nSPS) is 23.3. The van der Waals surface area contributed by atoms with Gasteiger partial charge in [-0.15, -0.1) is 0 Å². The first-order chi connectivity index (χ1) is 22.5. The third kappa shape index (κ3) is 7.81. The van der Waals surface area contributed by atoms with E-state index in [1.54, 1.807) is 36.4 Å². The van der Waals surface area contributed by atoms with Crippen LogP contribution in [0.1, 0.15) is 27.1 Å². The molecule has 3 aromatic carbocycles. The molecule has 0 spiro atoms. The van der Waals surface area contributed by atoms with Crippen molar-refractivity contribution in [3.63, 3.8) is 0 Å². The number of nitrogens with one attached hydrogen (secondary N) is 2. The Labute approximate surface area is 271 Å². The number of ether oxygens (including phenoxy) is 3. The number of aliphatic carboxylic acids is 1. The van der Waals surface area contributed by atoms with Gasteiger partial charge in [0.2, 0.25) is 6.29 Å². The zero-order chi connectivity index (χ0) is 33.7. The maximum absolute atomic E-state index is 13.6. The molecule has 0 bridgehead atoms. The molecule has 5 atom stereocenters. The molecule has 2 fully saturated rings. The summed E-state index contributed by atoms with van der Waals surface area (Å²) in [7, 11) is 3.59. The van der Waals surface area contributed by atoms with Crippen LogP contribution >= 0.6 is 0 Å². The number of carboxylic acids is 1. The summed E-state index contributed by atoms with van der Waals surface area (Å²) in [6.07, 6.45) is -8.33. The average Bonchev–Trinajstić information content (AvgIpc) is 3.30. The molecular weight excluding hydrogens is 612 g/mol. The van der Waals surface area contributed by atoms with Crippen molar-refractivity contribution in [3.05, 3.63) is 77.9 Å². The number of carbonyl (C=O) groups is 3. The number of benzene rings is 3. The molecule has 14 heteroatoms. The summed E-state index contributed by atoms with van der Waals surface area (Å²) in [5.74, 6) is -2.22. The Bertz CT molecular complexity index is 1570. The Hall–Kier alpha value is -4.73. The Morgan fingerprint density at radius 3 is 2.13 bits per heavy atom. The SMILES string of the molecule is COc1ccc(C(=O)Nc2cccc(OC3OC(C(=O)O)C(O)C(O)C3O)c2NC(=O)c2ccc(N3CCCN(C)CC3)cc2)cc1. The summed E-state index contributed by atoms with van der Waals surface area (Å²) in [5, 5.41) is 45.9. The molecule has 0 aliphatic carbocycles. The Morgan fingerprint density at radius 2 is 1.47 bits per heavy atom. The van der Waals surface area contributed by atoms with Crippen molar-refractivity contribution in [3.8, 4) is 11.5 Å². The second-order valence-electron chi connectivity index (χ2n) is 11.4. The van der Waals surface area contributed by atoms with Crippen molar-refractivity contribution in [2.24, 2.45) is 0 Å². The second kappa shape index (κ2) is 14.8. The van der Waals surface area contributed by atoms with Crippen LogP contribution in [-0.2, 0) is 9.53 Å². The summed E-state index contributed by atoms with van der Waals surface area (Å²) in [6, 6.07) is 17.8. The fraction of sp³-hybridized carbons (Fsp3) is 0.364. The number of carboxylic acid groups (broad SMARTS) is 1. The molecule has 2 amide bonds. The van der Waals surface area contributed by atoms with Gasteiger partial charge in [-0.25, -0.2) is 4.79 Å². The highest BCUT2D eigenvalue weighted by Gasteiger charge is 2.48. The molecule has 0 radical (unpaired) electrons. The van der Waals surface area contributed by atoms with Crippen molar-refractivity contribution < 1.29 is 49.0 Å². The lowest BCUT2D eigenvalue weighted by Crippen LogP contribution is -2.61. The molecule has 2 heterocycles. The molecular formula is C33H38N4O10. The minimum atomic E-state index is -1.92. The van der Waals surface area contributed by atoms with Gasteiger partial charge in [0.05, 0.1) is 12.8 Å². The number of rotatable bonds is 9. The molecule has 0 saturated carbocycles. The summed E-state index contributed by atoms with van der Waals surface area (Å²) in [5.41, 5.74) is 1.66. The minimum Gasteiger partial charge on any atom is -0.497 e. The third-order valence-electron chi connectivity index (χ3n) is 8.14. The predicted octanol–water partition coefficient (Wildman–Crippen LogP) is 1.61. The van der Waals surface area contributed by atoms with E-state index in [0.29, 0.717) is 11.3 Å². The highest BCUT2D eigenvalue weighted by Crippen LogP contribution is 2.36. The Kier molecular flexibility index (Phi) is 10.6. The van der Waals surface area contributed by atoms with Gasteiger partial charge < -0.3 is 55.1 Å². The molecule has 6 N–H and O–H groups in total. The smallest absolute Gasteiger partial charge is 0.335 e. The zero-order valence-corrected chi connectivity index (χ0v) is 25.9. The Morgan fingerprint density at radius 1 is 0.809 bits per heavy atom. The highest BCUT2D eigenvalue weighted by molar-refractivity contribution is 6.11. The van der Waals surface area contributed by atoms with Crippen LogP contribution in [0.4, 0.5) is 17.1 Å². The van der Waals surface area contributed by atoms with Crippen LogP contribution in [0.2, 0.25) is 0 Å². The lowest BCUT2D eigenvalue weighted by Gasteiger charge is -2.38. The van der Waals surface area contributed by atoms with E-state index in [1.165, 1.54) is 25.3 Å². The predicted molar refractivity (Wildman–Crippen MR) is 171 cm³/mol. The summed E-state index contributed by atoms with van der Waals surface area (Å²) >= 11 is 0. The van der Waals surface area contributed by atoms with Crippen LogP contribution in [0.3, 0.4) is 0 Å². The number of hydrogen-bond donors (Lipinski definition) is 6. The highest BCUT2D eigenvalue weighted by atomic mass is 16.7. The zero-order valence-electron chi connectivity index (χ0n) is 25.9. The van der Waals surface area contributed by atoms with E-state index in [2.05, 4.69) is 27.5 Å².